The summed E-state index contributed by atoms with van der Waals surface area (Å²) in [5.41, 5.74) is 2.29. The lowest BCUT2D eigenvalue weighted by molar-refractivity contribution is 0.0942. The summed E-state index contributed by atoms with van der Waals surface area (Å²) < 4.78 is 1.59. The average molecular weight is 303 g/mol. The van der Waals surface area contributed by atoms with Gasteiger partial charge in [0, 0.05) is 17.5 Å². The van der Waals surface area contributed by atoms with Crippen LogP contribution in [0.1, 0.15) is 33.5 Å². The number of nitrogens with zero attached hydrogens (tertiary/aromatic N) is 2. The molecular weight excluding hydrogens is 286 g/mol. The second kappa shape index (κ2) is 7.07. The summed E-state index contributed by atoms with van der Waals surface area (Å²) in [6.45, 7) is 2.25. The molecule has 21 heavy (non-hydrogen) atoms. The van der Waals surface area contributed by atoms with E-state index in [1.54, 1.807) is 17.8 Å². The van der Waals surface area contributed by atoms with Gasteiger partial charge in [-0.15, -0.1) is 11.3 Å². The van der Waals surface area contributed by atoms with E-state index in [0.29, 0.717) is 12.2 Å². The predicted octanol–water partition coefficient (Wildman–Crippen LogP) is 1.32. The molecule has 0 saturated carbocycles. The Kier molecular flexibility index (Phi) is 5.14. The number of aryl methyl sites for hydroxylation is 2. The zero-order chi connectivity index (χ0) is 15.2. The van der Waals surface area contributed by atoms with Gasteiger partial charge in [0.1, 0.15) is 12.3 Å². The van der Waals surface area contributed by atoms with Gasteiger partial charge >= 0.3 is 0 Å². The lowest BCUT2D eigenvalue weighted by Crippen LogP contribution is -2.25. The normalized spacial score (nSPS) is 10.0. The zero-order valence-corrected chi connectivity index (χ0v) is 12.8. The van der Waals surface area contributed by atoms with Crippen LogP contribution in [0, 0.1) is 11.8 Å². The van der Waals surface area contributed by atoms with Crippen molar-refractivity contribution in [3.63, 3.8) is 0 Å². The van der Waals surface area contributed by atoms with Crippen molar-refractivity contribution in [2.75, 3.05) is 6.61 Å². The van der Waals surface area contributed by atoms with Gasteiger partial charge in [0.25, 0.3) is 5.91 Å². The Bertz CT molecular complexity index is 691. The molecule has 0 aromatic carbocycles. The largest absolute Gasteiger partial charge is 0.384 e. The molecule has 0 atom stereocenters. The molecule has 0 saturated heterocycles. The maximum absolute atomic E-state index is 12.2. The van der Waals surface area contributed by atoms with E-state index in [4.69, 9.17) is 5.11 Å². The number of aromatic nitrogens is 2. The smallest absolute Gasteiger partial charge is 0.269 e. The number of aliphatic hydroxyl groups is 1. The Balaban J connectivity index is 2.04. The van der Waals surface area contributed by atoms with Crippen molar-refractivity contribution in [3.05, 3.63) is 39.3 Å². The maximum Gasteiger partial charge on any atom is 0.269 e. The van der Waals surface area contributed by atoms with Crippen LogP contribution < -0.4 is 5.32 Å². The molecule has 0 unspecified atom stereocenters. The van der Waals surface area contributed by atoms with Crippen LogP contribution in [0.2, 0.25) is 0 Å². The van der Waals surface area contributed by atoms with Gasteiger partial charge in [-0.1, -0.05) is 18.8 Å². The highest BCUT2D eigenvalue weighted by Gasteiger charge is 2.13. The van der Waals surface area contributed by atoms with Gasteiger partial charge in [-0.2, -0.15) is 5.10 Å². The Morgan fingerprint density at radius 1 is 1.57 bits per heavy atom. The lowest BCUT2D eigenvalue weighted by Gasteiger charge is -2.04. The number of hydrogen-bond acceptors (Lipinski definition) is 4. The minimum absolute atomic E-state index is 0.154. The maximum atomic E-state index is 12.2. The van der Waals surface area contributed by atoms with Gasteiger partial charge < -0.3 is 10.4 Å². The first-order valence-corrected chi connectivity index (χ1v) is 7.50. The Hall–Kier alpha value is -2.10. The second-order valence-electron chi connectivity index (χ2n) is 4.40. The molecule has 2 heterocycles. The monoisotopic (exact) mass is 303 g/mol. The van der Waals surface area contributed by atoms with Gasteiger partial charge in [-0.25, -0.2) is 0 Å². The van der Waals surface area contributed by atoms with Gasteiger partial charge in [0.05, 0.1) is 12.2 Å². The summed E-state index contributed by atoms with van der Waals surface area (Å²) in [6, 6.07) is 3.68. The van der Waals surface area contributed by atoms with E-state index in [1.807, 2.05) is 18.4 Å². The van der Waals surface area contributed by atoms with Crippen LogP contribution in [0.4, 0.5) is 0 Å². The highest BCUT2D eigenvalue weighted by Crippen LogP contribution is 2.15. The zero-order valence-electron chi connectivity index (χ0n) is 12.0. The Morgan fingerprint density at radius 2 is 2.38 bits per heavy atom. The fraction of sp³-hybridized carbons (Fsp3) is 0.333. The van der Waals surface area contributed by atoms with Gasteiger partial charge in [-0.05, 0) is 23.9 Å². The molecule has 0 aliphatic rings. The summed E-state index contributed by atoms with van der Waals surface area (Å²) in [4.78, 5) is 13.1. The molecule has 0 aliphatic heterocycles. The van der Waals surface area contributed by atoms with E-state index >= 15 is 0 Å². The van der Waals surface area contributed by atoms with Crippen LogP contribution in [0.15, 0.2) is 17.5 Å². The van der Waals surface area contributed by atoms with Crippen molar-refractivity contribution in [2.24, 2.45) is 7.05 Å². The lowest BCUT2D eigenvalue weighted by atomic mass is 10.2. The number of thiophene rings is 1. The Morgan fingerprint density at radius 3 is 3.05 bits per heavy atom. The highest BCUT2D eigenvalue weighted by molar-refractivity contribution is 7.10. The van der Waals surface area contributed by atoms with Gasteiger partial charge in [-0.3, -0.25) is 9.48 Å². The molecule has 0 fully saturated rings. The van der Waals surface area contributed by atoms with Crippen LogP contribution in [-0.2, 0) is 20.0 Å². The fourth-order valence-corrected chi connectivity index (χ4v) is 2.66. The number of carbonyl (C=O) groups is 1. The van der Waals surface area contributed by atoms with Crippen molar-refractivity contribution in [2.45, 2.75) is 19.9 Å². The molecule has 2 aromatic heterocycles. The predicted molar refractivity (Wildman–Crippen MR) is 82.0 cm³/mol. The van der Waals surface area contributed by atoms with Crippen LogP contribution in [0.25, 0.3) is 0 Å². The van der Waals surface area contributed by atoms with Crippen LogP contribution in [0.5, 0.6) is 0 Å². The summed E-state index contributed by atoms with van der Waals surface area (Å²) in [5, 5.41) is 17.8. The average Bonchev–Trinajstić information content (AvgIpc) is 3.08. The summed E-state index contributed by atoms with van der Waals surface area (Å²) in [5.74, 6) is 5.33. The number of carbonyl (C=O) groups excluding carboxylic acids is 1. The number of nitrogens with one attached hydrogen (secondary N) is 1. The number of amides is 1. The third-order valence-electron chi connectivity index (χ3n) is 2.98. The van der Waals surface area contributed by atoms with Crippen molar-refractivity contribution >= 4 is 17.2 Å². The van der Waals surface area contributed by atoms with Gasteiger partial charge in [0.2, 0.25) is 0 Å². The molecule has 0 bridgehead atoms. The molecule has 2 N–H and O–H groups in total. The highest BCUT2D eigenvalue weighted by atomic mass is 32.1. The standard InChI is InChI=1S/C15H17N3O2S/c1-3-12-9-13(18(2)17-12)15(20)16-10-14-11(5-4-7-19)6-8-21-14/h6,8-9,19H,3,7,10H2,1-2H3,(H,16,20). The molecule has 6 heteroatoms. The van der Waals surface area contributed by atoms with Crippen LogP contribution >= 0.6 is 11.3 Å². The van der Waals surface area contributed by atoms with Crippen molar-refractivity contribution < 1.29 is 9.90 Å². The fourth-order valence-electron chi connectivity index (χ4n) is 1.89. The first-order valence-electron chi connectivity index (χ1n) is 6.63. The van der Waals surface area contributed by atoms with E-state index in [9.17, 15) is 4.79 Å². The third-order valence-corrected chi connectivity index (χ3v) is 3.90. The van der Waals surface area contributed by atoms with E-state index < -0.39 is 0 Å². The molecule has 0 aliphatic carbocycles. The minimum Gasteiger partial charge on any atom is -0.384 e. The number of rotatable bonds is 4. The molecule has 110 valence electrons. The van der Waals surface area contributed by atoms with E-state index in [-0.39, 0.29) is 12.5 Å². The second-order valence-corrected chi connectivity index (χ2v) is 5.40. The molecule has 2 rings (SSSR count). The Labute approximate surface area is 127 Å². The third kappa shape index (κ3) is 3.72. The van der Waals surface area contributed by atoms with Crippen molar-refractivity contribution in [1.29, 1.82) is 0 Å². The number of aliphatic hydroxyl groups excluding tert-OH is 1. The molecule has 0 spiro atoms. The van der Waals surface area contributed by atoms with Gasteiger partial charge in [0.15, 0.2) is 0 Å². The number of hydrogen-bond donors (Lipinski definition) is 2. The van der Waals surface area contributed by atoms with Crippen LogP contribution in [-0.4, -0.2) is 27.4 Å². The minimum atomic E-state index is -0.170. The van der Waals surface area contributed by atoms with Crippen molar-refractivity contribution in [1.82, 2.24) is 15.1 Å². The SMILES string of the molecule is CCc1cc(C(=O)NCc2sccc2C#CCO)n(C)n1. The molecule has 0 radical (unpaired) electrons. The molecular formula is C15H17N3O2S. The first-order chi connectivity index (χ1) is 10.2. The summed E-state index contributed by atoms with van der Waals surface area (Å²) in [7, 11) is 1.76. The molecule has 5 nitrogen and oxygen atoms in total. The topological polar surface area (TPSA) is 67.2 Å². The quantitative estimate of drug-likeness (QED) is 0.837. The first kappa shape index (κ1) is 15.3. The van der Waals surface area contributed by atoms with E-state index in [0.717, 1.165) is 22.6 Å². The molecule has 1 amide bonds. The van der Waals surface area contributed by atoms with E-state index in [1.165, 1.54) is 11.3 Å². The van der Waals surface area contributed by atoms with E-state index in [2.05, 4.69) is 22.3 Å². The van der Waals surface area contributed by atoms with Crippen LogP contribution in [0.3, 0.4) is 0 Å². The van der Waals surface area contributed by atoms with Crippen molar-refractivity contribution in [3.8, 4) is 11.8 Å². The summed E-state index contributed by atoms with van der Waals surface area (Å²) in [6.07, 6.45) is 0.799. The summed E-state index contributed by atoms with van der Waals surface area (Å²) >= 11 is 1.53. The molecule has 2 aromatic rings.